The molecule has 0 saturated carbocycles. The van der Waals surface area contributed by atoms with E-state index < -0.39 is 6.10 Å². The maximum absolute atomic E-state index is 12.8. The van der Waals surface area contributed by atoms with E-state index in [1.54, 1.807) is 0 Å². The first-order chi connectivity index (χ1) is 31.5. The van der Waals surface area contributed by atoms with Crippen molar-refractivity contribution in [2.45, 2.75) is 290 Å². The number of carbonyl (C=O) groups is 3. The molecule has 372 valence electrons. The second-order valence-corrected chi connectivity index (χ2v) is 18.5. The molecule has 6 nitrogen and oxygen atoms in total. The Bertz CT molecular complexity index is 1120. The quantitative estimate of drug-likeness (QED) is 0.0199. The van der Waals surface area contributed by atoms with Gasteiger partial charge in [0.25, 0.3) is 0 Å². The number of allylic oxidation sites excluding steroid dienone is 8. The normalized spacial score (nSPS) is 12.4. The molecule has 0 rings (SSSR count). The molecule has 0 amide bonds. The highest BCUT2D eigenvalue weighted by Gasteiger charge is 2.19. The maximum Gasteiger partial charge on any atom is 0.306 e. The fourth-order valence-corrected chi connectivity index (χ4v) is 7.94. The third kappa shape index (κ3) is 50.4. The topological polar surface area (TPSA) is 78.9 Å². The number of carbonyl (C=O) groups excluding carboxylic acids is 3. The molecule has 1 unspecified atom stereocenters. The molecule has 0 aromatic rings. The van der Waals surface area contributed by atoms with Crippen molar-refractivity contribution in [2.24, 2.45) is 0 Å². The number of ether oxygens (including phenoxy) is 3. The number of esters is 3. The lowest BCUT2D eigenvalue weighted by molar-refractivity contribution is -0.167. The molecule has 0 N–H and O–H groups in total. The third-order valence-electron chi connectivity index (χ3n) is 12.1. The van der Waals surface area contributed by atoms with Gasteiger partial charge in [-0.3, -0.25) is 14.4 Å². The summed E-state index contributed by atoms with van der Waals surface area (Å²) in [4.78, 5) is 38.1. The van der Waals surface area contributed by atoms with Crippen LogP contribution >= 0.6 is 0 Å². The fraction of sp³-hybridized carbons (Fsp3) is 0.810. The van der Waals surface area contributed by atoms with Crippen LogP contribution in [0.1, 0.15) is 284 Å². The van der Waals surface area contributed by atoms with Gasteiger partial charge in [0.05, 0.1) is 0 Å². The minimum absolute atomic E-state index is 0.0778. The van der Waals surface area contributed by atoms with Gasteiger partial charge in [-0.05, 0) is 70.6 Å². The second kappa shape index (κ2) is 53.0. The van der Waals surface area contributed by atoms with Crippen molar-refractivity contribution < 1.29 is 28.6 Å². The highest BCUT2D eigenvalue weighted by molar-refractivity contribution is 5.71. The van der Waals surface area contributed by atoms with Gasteiger partial charge < -0.3 is 14.2 Å². The van der Waals surface area contributed by atoms with Gasteiger partial charge in [0.15, 0.2) is 6.10 Å². The van der Waals surface area contributed by atoms with E-state index in [4.69, 9.17) is 14.2 Å². The van der Waals surface area contributed by atoms with Crippen LogP contribution in [0.5, 0.6) is 0 Å². The van der Waals surface area contributed by atoms with Crippen molar-refractivity contribution in [1.29, 1.82) is 0 Å². The summed E-state index contributed by atoms with van der Waals surface area (Å²) in [5, 5.41) is 0. The molecule has 0 fully saturated rings. The molecule has 0 aliphatic rings. The maximum atomic E-state index is 12.8. The zero-order chi connectivity index (χ0) is 46.5. The molecule has 6 heteroatoms. The average Bonchev–Trinajstić information content (AvgIpc) is 3.29. The Labute approximate surface area is 397 Å². The second-order valence-electron chi connectivity index (χ2n) is 18.5. The van der Waals surface area contributed by atoms with Crippen molar-refractivity contribution in [2.75, 3.05) is 13.2 Å². The van der Waals surface area contributed by atoms with E-state index in [2.05, 4.69) is 69.4 Å². The summed E-state index contributed by atoms with van der Waals surface area (Å²) in [6.45, 7) is 6.52. The van der Waals surface area contributed by atoms with Crippen molar-refractivity contribution in [3.05, 3.63) is 48.6 Å². The highest BCUT2D eigenvalue weighted by atomic mass is 16.6. The first kappa shape index (κ1) is 61.4. The van der Waals surface area contributed by atoms with Crippen molar-refractivity contribution in [3.63, 3.8) is 0 Å². The van der Waals surface area contributed by atoms with Crippen LogP contribution in [-0.2, 0) is 28.6 Å². The van der Waals surface area contributed by atoms with Gasteiger partial charge in [-0.15, -0.1) is 0 Å². The zero-order valence-electron chi connectivity index (χ0n) is 42.6. The number of hydrogen-bond donors (Lipinski definition) is 0. The van der Waals surface area contributed by atoms with Crippen molar-refractivity contribution in [3.8, 4) is 0 Å². The van der Waals surface area contributed by atoms with Crippen molar-refractivity contribution in [1.82, 2.24) is 0 Å². The van der Waals surface area contributed by atoms with E-state index in [0.29, 0.717) is 19.3 Å². The average molecular weight is 897 g/mol. The summed E-state index contributed by atoms with van der Waals surface area (Å²) in [7, 11) is 0. The molecule has 64 heavy (non-hydrogen) atoms. The summed E-state index contributed by atoms with van der Waals surface area (Å²) in [5.74, 6) is -0.886. The molecule has 1 atom stereocenters. The summed E-state index contributed by atoms with van der Waals surface area (Å²) in [6, 6.07) is 0. The molecule has 0 bridgehead atoms. The van der Waals surface area contributed by atoms with Crippen LogP contribution in [0.25, 0.3) is 0 Å². The lowest BCUT2D eigenvalue weighted by Gasteiger charge is -2.18. The van der Waals surface area contributed by atoms with Crippen LogP contribution < -0.4 is 0 Å². The van der Waals surface area contributed by atoms with Crippen LogP contribution in [0.15, 0.2) is 48.6 Å². The first-order valence-electron chi connectivity index (χ1n) is 27.7. The molecular formula is C58H104O6. The van der Waals surface area contributed by atoms with E-state index in [-0.39, 0.29) is 31.1 Å². The summed E-state index contributed by atoms with van der Waals surface area (Å²) in [6.07, 6.45) is 63.8. The number of hydrogen-bond acceptors (Lipinski definition) is 6. The Kier molecular flexibility index (Phi) is 50.8. The molecule has 0 aliphatic carbocycles. The molecule has 0 spiro atoms. The molecular weight excluding hydrogens is 793 g/mol. The van der Waals surface area contributed by atoms with E-state index in [0.717, 1.165) is 83.5 Å². The summed E-state index contributed by atoms with van der Waals surface area (Å²) >= 11 is 0. The van der Waals surface area contributed by atoms with E-state index in [1.165, 1.54) is 161 Å². The molecule has 0 aliphatic heterocycles. The van der Waals surface area contributed by atoms with E-state index >= 15 is 0 Å². The predicted molar refractivity (Wildman–Crippen MR) is 275 cm³/mol. The van der Waals surface area contributed by atoms with Gasteiger partial charge in [0, 0.05) is 19.3 Å². The van der Waals surface area contributed by atoms with Crippen LogP contribution in [0.4, 0.5) is 0 Å². The Hall–Kier alpha value is -2.63. The minimum Gasteiger partial charge on any atom is -0.462 e. The minimum atomic E-state index is -0.780. The van der Waals surface area contributed by atoms with Crippen LogP contribution in [-0.4, -0.2) is 37.2 Å². The smallest absolute Gasteiger partial charge is 0.306 e. The van der Waals surface area contributed by atoms with Gasteiger partial charge >= 0.3 is 17.9 Å². The largest absolute Gasteiger partial charge is 0.462 e. The molecule has 0 aromatic carbocycles. The molecule has 0 saturated heterocycles. The Morgan fingerprint density at radius 1 is 0.344 bits per heavy atom. The monoisotopic (exact) mass is 897 g/mol. The first-order valence-corrected chi connectivity index (χ1v) is 27.7. The van der Waals surface area contributed by atoms with Gasteiger partial charge in [-0.2, -0.15) is 0 Å². The summed E-state index contributed by atoms with van der Waals surface area (Å²) < 4.78 is 16.8. The molecule has 0 heterocycles. The highest BCUT2D eigenvalue weighted by Crippen LogP contribution is 2.16. The van der Waals surface area contributed by atoms with Gasteiger partial charge in [-0.25, -0.2) is 0 Å². The third-order valence-corrected chi connectivity index (χ3v) is 12.1. The van der Waals surface area contributed by atoms with E-state index in [1.807, 2.05) is 0 Å². The Morgan fingerprint density at radius 2 is 0.656 bits per heavy atom. The zero-order valence-corrected chi connectivity index (χ0v) is 42.6. The fourth-order valence-electron chi connectivity index (χ4n) is 7.94. The van der Waals surface area contributed by atoms with Gasteiger partial charge in [0.1, 0.15) is 13.2 Å². The van der Waals surface area contributed by atoms with Gasteiger partial charge in [-0.1, -0.05) is 243 Å². The van der Waals surface area contributed by atoms with E-state index in [9.17, 15) is 14.4 Å². The Morgan fingerprint density at radius 3 is 1.06 bits per heavy atom. The standard InChI is InChI=1S/C58H104O6/c1-4-7-10-13-16-19-22-25-28-29-31-33-36-39-42-45-48-51-57(60)63-54-55(53-62-56(59)50-47-44-41-38-35-32-27-24-21-18-15-12-9-6-3)64-58(61)52-49-46-43-40-37-34-30-26-23-20-17-14-11-8-5-2/h9,12,17-18,20-21,23,26,55H,4-8,10-11,13-16,19,22,24-25,27-54H2,1-3H3/b12-9-,20-17-,21-18-,26-23-. The van der Waals surface area contributed by atoms with Gasteiger partial charge in [0.2, 0.25) is 0 Å². The number of rotatable bonds is 50. The van der Waals surface area contributed by atoms with Crippen LogP contribution in [0.3, 0.4) is 0 Å². The number of unbranched alkanes of at least 4 members (excludes halogenated alkanes) is 32. The predicted octanol–water partition coefficient (Wildman–Crippen LogP) is 18.3. The lowest BCUT2D eigenvalue weighted by Crippen LogP contribution is -2.30. The van der Waals surface area contributed by atoms with Crippen molar-refractivity contribution >= 4 is 17.9 Å². The SMILES string of the molecule is CC/C=C\C/C=C\CCCCCCCCCC(=O)OCC(COC(=O)CCCCCCCCCCCCCCCCCCC)OC(=O)CCCCCCCC/C=C\C=C/CCCCC. The molecule has 0 aromatic heterocycles. The molecule has 0 radical (unpaired) electrons. The van der Waals surface area contributed by atoms with Crippen LogP contribution in [0.2, 0.25) is 0 Å². The Balaban J connectivity index is 4.36. The lowest BCUT2D eigenvalue weighted by atomic mass is 10.0. The summed E-state index contributed by atoms with van der Waals surface area (Å²) in [5.41, 5.74) is 0. The van der Waals surface area contributed by atoms with Crippen LogP contribution in [0, 0.1) is 0 Å².